The van der Waals surface area contributed by atoms with Crippen molar-refractivity contribution in [3.05, 3.63) is 0 Å². The molecule has 0 rings (SSSR count). The topological polar surface area (TPSA) is 9.23 Å². The van der Waals surface area contributed by atoms with E-state index >= 15 is 0 Å². The summed E-state index contributed by atoms with van der Waals surface area (Å²) < 4.78 is 5.52. The average Bonchev–Trinajstić information content (AvgIpc) is 2.22. The molecule has 3 heteroatoms. The van der Waals surface area contributed by atoms with Crippen molar-refractivity contribution in [2.45, 2.75) is 64.5 Å². The Hall–Kier alpha value is 0.467. The van der Waals surface area contributed by atoms with Crippen LogP contribution in [0.3, 0.4) is 0 Å². The lowest BCUT2D eigenvalue weighted by Gasteiger charge is -2.21. The lowest BCUT2D eigenvalue weighted by Crippen LogP contribution is -2.29. The van der Waals surface area contributed by atoms with Crippen LogP contribution in [0.15, 0.2) is 0 Å². The van der Waals surface area contributed by atoms with Gasteiger partial charge in [-0.25, -0.2) is 0 Å². The van der Waals surface area contributed by atoms with Gasteiger partial charge in [0.15, 0.2) is 0 Å². The van der Waals surface area contributed by atoms with Crippen LogP contribution in [0.25, 0.3) is 0 Å². The van der Waals surface area contributed by atoms with Crippen LogP contribution in [0.5, 0.6) is 0 Å². The minimum absolute atomic E-state index is 1.12. The number of rotatable bonds is 9. The number of unbranched alkanes of at least 4 members (excludes halogenated alkanes) is 4. The summed E-state index contributed by atoms with van der Waals surface area (Å²) >= 11 is 6.50. The van der Waals surface area contributed by atoms with E-state index in [2.05, 4.69) is 13.8 Å². The molecule has 0 aliphatic heterocycles. The first-order valence-electron chi connectivity index (χ1n) is 5.92. The molecule has 0 fully saturated rings. The van der Waals surface area contributed by atoms with Crippen molar-refractivity contribution in [3.8, 4) is 0 Å². The predicted molar refractivity (Wildman–Crippen MR) is 67.3 cm³/mol. The molecule has 1 nitrogen and oxygen atoms in total. The third-order valence-corrected chi connectivity index (χ3v) is 7.20. The molecule has 0 spiro atoms. The zero-order chi connectivity index (χ0) is 10.9. The summed E-state index contributed by atoms with van der Waals surface area (Å²) in [6, 6.07) is 2.25. The van der Waals surface area contributed by atoms with Crippen molar-refractivity contribution < 1.29 is 4.43 Å². The molecule has 0 N–H and O–H groups in total. The normalized spacial score (nSPS) is 15.4. The van der Waals surface area contributed by atoms with E-state index < -0.39 is 7.63 Å². The second kappa shape index (κ2) is 8.75. The summed E-state index contributed by atoms with van der Waals surface area (Å²) in [4.78, 5) is 0. The van der Waals surface area contributed by atoms with E-state index in [1.165, 1.54) is 38.5 Å². The van der Waals surface area contributed by atoms with Gasteiger partial charge in [0.1, 0.15) is 0 Å². The fraction of sp³-hybridized carbons (Fsp3) is 1.00. The molecule has 1 atom stereocenters. The van der Waals surface area contributed by atoms with Crippen molar-refractivity contribution in [1.29, 1.82) is 0 Å². The predicted octanol–water partition coefficient (Wildman–Crippen LogP) is 4.69. The van der Waals surface area contributed by atoms with Gasteiger partial charge in [0, 0.05) is 7.11 Å². The quantitative estimate of drug-likeness (QED) is 0.321. The van der Waals surface area contributed by atoms with Gasteiger partial charge in [-0.2, -0.15) is 0 Å². The monoisotopic (exact) mass is 236 g/mol. The number of hydrogen-bond donors (Lipinski definition) is 0. The number of hydrogen-bond acceptors (Lipinski definition) is 1. The van der Waals surface area contributed by atoms with Crippen molar-refractivity contribution >= 4 is 18.7 Å². The van der Waals surface area contributed by atoms with E-state index in [4.69, 9.17) is 15.5 Å². The fourth-order valence-electron chi connectivity index (χ4n) is 1.59. The minimum Gasteiger partial charge on any atom is -0.406 e. The summed E-state index contributed by atoms with van der Waals surface area (Å²) in [6.45, 7) is 4.44. The maximum atomic E-state index is 6.50. The van der Waals surface area contributed by atoms with E-state index in [0.717, 1.165) is 12.1 Å². The van der Waals surface area contributed by atoms with Crippen LogP contribution in [0.4, 0.5) is 0 Å². The Morgan fingerprint density at radius 1 is 0.929 bits per heavy atom. The van der Waals surface area contributed by atoms with E-state index in [1.54, 1.807) is 7.11 Å². The summed E-state index contributed by atoms with van der Waals surface area (Å²) in [5.41, 5.74) is 0. The zero-order valence-corrected chi connectivity index (χ0v) is 11.7. The van der Waals surface area contributed by atoms with Gasteiger partial charge in [-0.15, -0.1) is 11.1 Å². The summed E-state index contributed by atoms with van der Waals surface area (Å²) in [5, 5.41) is 0. The molecule has 14 heavy (non-hydrogen) atoms. The molecule has 0 aliphatic rings. The third kappa shape index (κ3) is 6.85. The van der Waals surface area contributed by atoms with Crippen molar-refractivity contribution in [1.82, 2.24) is 0 Å². The van der Waals surface area contributed by atoms with E-state index in [0.29, 0.717) is 0 Å². The minimum atomic E-state index is -1.82. The number of halogens is 1. The van der Waals surface area contributed by atoms with Crippen LogP contribution in [0.2, 0.25) is 12.1 Å². The van der Waals surface area contributed by atoms with Gasteiger partial charge in [-0.1, -0.05) is 52.4 Å². The van der Waals surface area contributed by atoms with E-state index in [1.807, 2.05) is 0 Å². The molecule has 0 radical (unpaired) electrons. The highest BCUT2D eigenvalue weighted by Crippen LogP contribution is 2.26. The maximum absolute atomic E-state index is 6.50. The largest absolute Gasteiger partial charge is 0.406 e. The molecule has 0 aliphatic carbocycles. The first-order chi connectivity index (χ1) is 6.68. The molecular weight excluding hydrogens is 212 g/mol. The molecule has 0 saturated heterocycles. The van der Waals surface area contributed by atoms with Crippen molar-refractivity contribution in [2.24, 2.45) is 0 Å². The molecule has 0 aromatic heterocycles. The fourth-order valence-corrected chi connectivity index (χ4v) is 4.71. The van der Waals surface area contributed by atoms with Crippen LogP contribution in [0.1, 0.15) is 52.4 Å². The zero-order valence-electron chi connectivity index (χ0n) is 9.94. The molecule has 0 heterocycles. The Kier molecular flexibility index (Phi) is 9.04. The molecule has 0 amide bonds. The molecule has 86 valence electrons. The molecule has 0 aromatic carbocycles. The van der Waals surface area contributed by atoms with Gasteiger partial charge in [-0.3, -0.25) is 0 Å². The Morgan fingerprint density at radius 2 is 1.50 bits per heavy atom. The second-order valence-corrected chi connectivity index (χ2v) is 9.24. The van der Waals surface area contributed by atoms with Gasteiger partial charge in [0.2, 0.25) is 0 Å². The van der Waals surface area contributed by atoms with E-state index in [9.17, 15) is 0 Å². The van der Waals surface area contributed by atoms with Crippen LogP contribution >= 0.6 is 11.1 Å². The van der Waals surface area contributed by atoms with Gasteiger partial charge in [0.25, 0.3) is 7.63 Å². The molecule has 0 aromatic rings. The Balaban J connectivity index is 3.63. The molecule has 1 unspecified atom stereocenters. The van der Waals surface area contributed by atoms with Gasteiger partial charge >= 0.3 is 0 Å². The van der Waals surface area contributed by atoms with Crippen molar-refractivity contribution in [3.63, 3.8) is 0 Å². The Labute approximate surface area is 95.0 Å². The average molecular weight is 237 g/mol. The summed E-state index contributed by atoms with van der Waals surface area (Å²) in [6.07, 6.45) is 7.63. The highest BCUT2D eigenvalue weighted by Gasteiger charge is 2.29. The second-order valence-electron chi connectivity index (χ2n) is 4.00. The van der Waals surface area contributed by atoms with Crippen molar-refractivity contribution in [2.75, 3.05) is 7.11 Å². The van der Waals surface area contributed by atoms with Gasteiger partial charge in [-0.05, 0) is 12.1 Å². The van der Waals surface area contributed by atoms with E-state index in [-0.39, 0.29) is 0 Å². The highest BCUT2D eigenvalue weighted by atomic mass is 35.6. The molecular formula is C11H25ClOSi. The maximum Gasteiger partial charge on any atom is 0.289 e. The first-order valence-corrected chi connectivity index (χ1v) is 9.26. The SMILES string of the molecule is CCCCCC[Si](Cl)(CCCC)OC. The van der Waals surface area contributed by atoms with Crippen LogP contribution < -0.4 is 0 Å². The molecule has 0 bridgehead atoms. The van der Waals surface area contributed by atoms with Gasteiger partial charge in [0.05, 0.1) is 0 Å². The lowest BCUT2D eigenvalue weighted by atomic mass is 10.2. The Morgan fingerprint density at radius 3 is 2.00 bits per heavy atom. The first kappa shape index (κ1) is 14.5. The summed E-state index contributed by atoms with van der Waals surface area (Å²) in [7, 11) is -0.0357. The highest BCUT2D eigenvalue weighted by molar-refractivity contribution is 7.16. The molecule has 0 saturated carbocycles. The standard InChI is InChI=1S/C11H25ClOSi/c1-4-6-8-9-11-14(12,13-3)10-7-5-2/h4-11H2,1-3H3. The summed E-state index contributed by atoms with van der Waals surface area (Å²) in [5.74, 6) is 0. The van der Waals surface area contributed by atoms with Crippen LogP contribution in [0, 0.1) is 0 Å². The smallest absolute Gasteiger partial charge is 0.289 e. The Bertz CT molecular complexity index is 132. The third-order valence-electron chi connectivity index (χ3n) is 2.67. The lowest BCUT2D eigenvalue weighted by molar-refractivity contribution is 0.404. The van der Waals surface area contributed by atoms with Crippen LogP contribution in [-0.2, 0) is 4.43 Å². The van der Waals surface area contributed by atoms with Gasteiger partial charge < -0.3 is 4.43 Å². The van der Waals surface area contributed by atoms with Crippen LogP contribution in [-0.4, -0.2) is 14.7 Å².